The van der Waals surface area contributed by atoms with Crippen LogP contribution < -0.4 is 0 Å². The Hall–Kier alpha value is -0.320. The summed E-state index contributed by atoms with van der Waals surface area (Å²) in [6, 6.07) is 4.00. The van der Waals surface area contributed by atoms with Crippen LogP contribution in [-0.2, 0) is 0 Å². The van der Waals surface area contributed by atoms with Crippen LogP contribution in [0, 0.1) is 0 Å². The van der Waals surface area contributed by atoms with Crippen molar-refractivity contribution in [2.45, 2.75) is 23.5 Å². The van der Waals surface area contributed by atoms with Crippen molar-refractivity contribution >= 4 is 50.3 Å². The second-order valence-corrected chi connectivity index (χ2v) is 6.51. The first-order chi connectivity index (χ1) is 8.20. The van der Waals surface area contributed by atoms with Crippen LogP contribution in [0.1, 0.15) is 13.3 Å². The highest BCUT2D eigenvalue weighted by Crippen LogP contribution is 2.30. The first kappa shape index (κ1) is 13.1. The molecule has 0 aliphatic heterocycles. The molecule has 5 heteroatoms. The first-order valence-electron chi connectivity index (χ1n) is 5.33. The van der Waals surface area contributed by atoms with Crippen LogP contribution in [0.5, 0.6) is 0 Å². The van der Waals surface area contributed by atoms with E-state index in [1.165, 1.54) is 4.90 Å². The molecular weight excluding hydrogens is 320 g/mol. The van der Waals surface area contributed by atoms with Gasteiger partial charge in [0.25, 0.3) is 0 Å². The van der Waals surface area contributed by atoms with Gasteiger partial charge in [0.05, 0.1) is 5.52 Å². The molecule has 2 aromatic rings. The summed E-state index contributed by atoms with van der Waals surface area (Å²) in [5, 5.41) is 0.489. The Kier molecular flexibility index (Phi) is 4.65. The van der Waals surface area contributed by atoms with E-state index in [1.807, 2.05) is 18.3 Å². The second kappa shape index (κ2) is 6.03. The molecule has 17 heavy (non-hydrogen) atoms. The molecule has 2 heterocycles. The van der Waals surface area contributed by atoms with Crippen molar-refractivity contribution < 1.29 is 0 Å². The average Bonchev–Trinajstić information content (AvgIpc) is 2.29. The van der Waals surface area contributed by atoms with Crippen molar-refractivity contribution in [1.82, 2.24) is 9.97 Å². The zero-order valence-corrected chi connectivity index (χ0v) is 12.5. The number of nitrogens with zero attached hydrogens (tertiary/aromatic N) is 2. The predicted octanol–water partition coefficient (Wildman–Crippen LogP) is 4.50. The summed E-state index contributed by atoms with van der Waals surface area (Å²) >= 11 is 11.0. The van der Waals surface area contributed by atoms with E-state index in [4.69, 9.17) is 11.6 Å². The molecule has 0 aliphatic carbocycles. The molecule has 0 saturated carbocycles. The van der Waals surface area contributed by atoms with Gasteiger partial charge in [-0.15, -0.1) is 23.4 Å². The number of aromatic nitrogens is 2. The van der Waals surface area contributed by atoms with Crippen molar-refractivity contribution in [2.24, 2.45) is 0 Å². The molecule has 0 spiro atoms. The van der Waals surface area contributed by atoms with Gasteiger partial charge in [0, 0.05) is 32.9 Å². The van der Waals surface area contributed by atoms with Crippen LogP contribution >= 0.6 is 39.3 Å². The fraction of sp³-hybridized carbons (Fsp3) is 0.333. The third kappa shape index (κ3) is 3.33. The molecule has 0 amide bonds. The Balaban J connectivity index is 2.34. The Bertz CT molecular complexity index is 521. The zero-order valence-electron chi connectivity index (χ0n) is 9.36. The van der Waals surface area contributed by atoms with Crippen LogP contribution in [0.15, 0.2) is 33.9 Å². The molecule has 0 bridgehead atoms. The molecule has 0 radical (unpaired) electrons. The van der Waals surface area contributed by atoms with E-state index in [1.54, 1.807) is 18.0 Å². The quantitative estimate of drug-likeness (QED) is 0.609. The Morgan fingerprint density at radius 1 is 1.47 bits per heavy atom. The van der Waals surface area contributed by atoms with Crippen LogP contribution in [-0.4, -0.2) is 21.1 Å². The highest BCUT2D eigenvalue weighted by molar-refractivity contribution is 9.10. The fourth-order valence-corrected chi connectivity index (χ4v) is 3.36. The lowest BCUT2D eigenvalue weighted by atomic mass is 10.3. The zero-order chi connectivity index (χ0) is 12.3. The summed E-state index contributed by atoms with van der Waals surface area (Å²) in [6.45, 7) is 2.18. The van der Waals surface area contributed by atoms with Gasteiger partial charge in [-0.3, -0.25) is 9.97 Å². The number of halogens is 2. The Morgan fingerprint density at radius 2 is 2.29 bits per heavy atom. The second-order valence-electron chi connectivity index (χ2n) is 3.74. The molecule has 0 aromatic carbocycles. The van der Waals surface area contributed by atoms with Crippen molar-refractivity contribution in [3.05, 3.63) is 29.0 Å². The van der Waals surface area contributed by atoms with E-state index < -0.39 is 0 Å². The number of thioether (sulfide) groups is 1. The standard InChI is InChI=1S/C12H12BrClN2S/c1-8(2-4-14)17-11-3-5-15-10-6-9(13)7-16-12(10)11/h3,5-8H,2,4H2,1H3. The van der Waals surface area contributed by atoms with Gasteiger partial charge in [0.1, 0.15) is 5.52 Å². The van der Waals surface area contributed by atoms with E-state index in [0.29, 0.717) is 11.1 Å². The SMILES string of the molecule is CC(CCCl)Sc1ccnc2cc(Br)cnc12. The third-order valence-corrected chi connectivity index (χ3v) is 4.22. The summed E-state index contributed by atoms with van der Waals surface area (Å²) in [6.07, 6.45) is 4.62. The minimum absolute atomic E-state index is 0.489. The van der Waals surface area contributed by atoms with Crippen molar-refractivity contribution in [1.29, 1.82) is 0 Å². The number of alkyl halides is 1. The number of hydrogen-bond donors (Lipinski definition) is 0. The van der Waals surface area contributed by atoms with E-state index in [9.17, 15) is 0 Å². The van der Waals surface area contributed by atoms with Crippen molar-refractivity contribution in [3.8, 4) is 0 Å². The van der Waals surface area contributed by atoms with Gasteiger partial charge in [0.15, 0.2) is 0 Å². The molecule has 1 unspecified atom stereocenters. The van der Waals surface area contributed by atoms with Gasteiger partial charge in [-0.05, 0) is 34.5 Å². The maximum Gasteiger partial charge on any atom is 0.102 e. The predicted molar refractivity (Wildman–Crippen MR) is 77.9 cm³/mol. The van der Waals surface area contributed by atoms with Gasteiger partial charge in [0.2, 0.25) is 0 Å². The summed E-state index contributed by atoms with van der Waals surface area (Å²) in [5.74, 6) is 0.691. The molecule has 0 N–H and O–H groups in total. The summed E-state index contributed by atoms with van der Waals surface area (Å²) in [4.78, 5) is 9.92. The lowest BCUT2D eigenvalue weighted by Crippen LogP contribution is -1.97. The summed E-state index contributed by atoms with van der Waals surface area (Å²) in [5.41, 5.74) is 1.88. The lowest BCUT2D eigenvalue weighted by Gasteiger charge is -2.10. The van der Waals surface area contributed by atoms with Gasteiger partial charge < -0.3 is 0 Å². The van der Waals surface area contributed by atoms with Crippen molar-refractivity contribution in [2.75, 3.05) is 5.88 Å². The van der Waals surface area contributed by atoms with Gasteiger partial charge in [-0.2, -0.15) is 0 Å². The van der Waals surface area contributed by atoms with E-state index >= 15 is 0 Å². The maximum absolute atomic E-state index is 5.75. The fourth-order valence-electron chi connectivity index (χ4n) is 1.51. The molecule has 2 rings (SSSR count). The largest absolute Gasteiger partial charge is 0.254 e. The number of fused-ring (bicyclic) bond motifs is 1. The Labute approximate surface area is 118 Å². The molecule has 90 valence electrons. The molecule has 0 aliphatic rings. The number of pyridine rings is 2. The third-order valence-electron chi connectivity index (χ3n) is 2.35. The monoisotopic (exact) mass is 330 g/mol. The molecule has 0 fully saturated rings. The first-order valence-corrected chi connectivity index (χ1v) is 7.54. The molecular formula is C12H12BrClN2S. The maximum atomic E-state index is 5.75. The van der Waals surface area contributed by atoms with E-state index in [0.717, 1.165) is 21.9 Å². The molecule has 2 nitrogen and oxygen atoms in total. The van der Waals surface area contributed by atoms with Gasteiger partial charge >= 0.3 is 0 Å². The normalized spacial score (nSPS) is 12.9. The molecule has 1 atom stereocenters. The highest BCUT2D eigenvalue weighted by atomic mass is 79.9. The minimum Gasteiger partial charge on any atom is -0.254 e. The summed E-state index contributed by atoms with van der Waals surface area (Å²) < 4.78 is 0.952. The van der Waals surface area contributed by atoms with Gasteiger partial charge in [-0.1, -0.05) is 6.92 Å². The molecule has 0 saturated heterocycles. The summed E-state index contributed by atoms with van der Waals surface area (Å²) in [7, 11) is 0. The Morgan fingerprint density at radius 3 is 3.06 bits per heavy atom. The van der Waals surface area contributed by atoms with E-state index in [2.05, 4.69) is 32.8 Å². The van der Waals surface area contributed by atoms with Crippen molar-refractivity contribution in [3.63, 3.8) is 0 Å². The number of rotatable bonds is 4. The van der Waals surface area contributed by atoms with Crippen LogP contribution in [0.3, 0.4) is 0 Å². The highest BCUT2D eigenvalue weighted by Gasteiger charge is 2.09. The average molecular weight is 332 g/mol. The minimum atomic E-state index is 0.489. The lowest BCUT2D eigenvalue weighted by molar-refractivity contribution is 0.912. The van der Waals surface area contributed by atoms with Crippen LogP contribution in [0.2, 0.25) is 0 Å². The van der Waals surface area contributed by atoms with Gasteiger partial charge in [-0.25, -0.2) is 0 Å². The van der Waals surface area contributed by atoms with E-state index in [-0.39, 0.29) is 0 Å². The van der Waals surface area contributed by atoms with Crippen LogP contribution in [0.25, 0.3) is 11.0 Å². The number of hydrogen-bond acceptors (Lipinski definition) is 3. The smallest absolute Gasteiger partial charge is 0.102 e. The topological polar surface area (TPSA) is 25.8 Å². The van der Waals surface area contributed by atoms with Crippen LogP contribution in [0.4, 0.5) is 0 Å². The molecule has 2 aromatic heterocycles.